The van der Waals surface area contributed by atoms with Gasteiger partial charge in [0.2, 0.25) is 11.8 Å². The predicted octanol–water partition coefficient (Wildman–Crippen LogP) is 2.00. The Morgan fingerprint density at radius 2 is 1.81 bits per heavy atom. The van der Waals surface area contributed by atoms with Crippen molar-refractivity contribution in [2.45, 2.75) is 37.4 Å². The molecule has 6 heteroatoms. The first-order chi connectivity index (χ1) is 13.0. The average Bonchev–Trinajstić information content (AvgIpc) is 3.14. The average molecular weight is 372 g/mol. The fourth-order valence-electron chi connectivity index (χ4n) is 3.92. The van der Waals surface area contributed by atoms with Crippen molar-refractivity contribution in [2.24, 2.45) is 0 Å². The molecule has 0 radical (unpaired) electrons. The second kappa shape index (κ2) is 8.23. The number of piperidine rings is 1. The third-order valence-corrected chi connectivity index (χ3v) is 5.63. The first-order valence-electron chi connectivity index (χ1n) is 9.52. The Hall–Kier alpha value is -2.18. The minimum Gasteiger partial charge on any atom is -0.355 e. The highest BCUT2D eigenvalue weighted by atomic mass is 16.7. The summed E-state index contributed by atoms with van der Waals surface area (Å²) in [4.78, 5) is 26.9. The zero-order valence-electron chi connectivity index (χ0n) is 15.9. The van der Waals surface area contributed by atoms with Crippen LogP contribution in [0.15, 0.2) is 43.0 Å². The van der Waals surface area contributed by atoms with E-state index in [2.05, 4.69) is 11.9 Å². The van der Waals surface area contributed by atoms with Gasteiger partial charge in [0.15, 0.2) is 5.79 Å². The summed E-state index contributed by atoms with van der Waals surface area (Å²) in [5.41, 5.74) is 0.366. The zero-order chi connectivity index (χ0) is 19.3. The van der Waals surface area contributed by atoms with Crippen LogP contribution in [-0.2, 0) is 24.5 Å². The Morgan fingerprint density at radius 3 is 2.41 bits per heavy atom. The molecule has 1 aromatic carbocycles. The number of benzene rings is 1. The van der Waals surface area contributed by atoms with Crippen LogP contribution in [0.1, 0.15) is 31.7 Å². The number of amides is 2. The van der Waals surface area contributed by atoms with E-state index in [1.165, 1.54) is 6.08 Å². The number of likely N-dealkylation sites (tertiary alicyclic amines) is 1. The molecule has 1 aromatic rings. The van der Waals surface area contributed by atoms with Gasteiger partial charge >= 0.3 is 0 Å². The molecule has 146 valence electrons. The van der Waals surface area contributed by atoms with E-state index in [1.54, 1.807) is 4.90 Å². The molecule has 0 atom stereocenters. The third kappa shape index (κ3) is 4.22. The minimum atomic E-state index is -0.627. The standard InChI is InChI=1S/C21H28N2O4/c1-3-18(24)23-13-10-21(11-14-23,17-7-5-4-6-8-17)19(25)22-12-9-20(2)26-15-16-27-20/h3-8H,1,9-16H2,2H3,(H,22,25). The lowest BCUT2D eigenvalue weighted by molar-refractivity contribution is -0.147. The number of ether oxygens (including phenoxy) is 2. The van der Waals surface area contributed by atoms with Gasteiger partial charge in [0.25, 0.3) is 0 Å². The molecule has 2 aliphatic rings. The second-order valence-electron chi connectivity index (χ2n) is 7.31. The fourth-order valence-corrected chi connectivity index (χ4v) is 3.92. The van der Waals surface area contributed by atoms with Gasteiger partial charge in [-0.05, 0) is 31.4 Å². The highest BCUT2D eigenvalue weighted by Gasteiger charge is 2.43. The molecule has 2 heterocycles. The largest absolute Gasteiger partial charge is 0.355 e. The van der Waals surface area contributed by atoms with Crippen molar-refractivity contribution in [3.63, 3.8) is 0 Å². The maximum Gasteiger partial charge on any atom is 0.245 e. The van der Waals surface area contributed by atoms with E-state index in [4.69, 9.17) is 9.47 Å². The number of hydrogen-bond acceptors (Lipinski definition) is 4. The number of rotatable bonds is 6. The Labute approximate surface area is 160 Å². The molecule has 27 heavy (non-hydrogen) atoms. The smallest absolute Gasteiger partial charge is 0.245 e. The van der Waals surface area contributed by atoms with Gasteiger partial charge in [-0.3, -0.25) is 9.59 Å². The van der Waals surface area contributed by atoms with Crippen LogP contribution in [0, 0.1) is 0 Å². The minimum absolute atomic E-state index is 0.000925. The van der Waals surface area contributed by atoms with E-state index in [9.17, 15) is 9.59 Å². The number of nitrogens with one attached hydrogen (secondary N) is 1. The van der Waals surface area contributed by atoms with E-state index in [0.717, 1.165) is 5.56 Å². The summed E-state index contributed by atoms with van der Waals surface area (Å²) in [6.45, 7) is 8.20. The van der Waals surface area contributed by atoms with Crippen LogP contribution in [-0.4, -0.2) is 55.3 Å². The summed E-state index contributed by atoms with van der Waals surface area (Å²) < 4.78 is 11.2. The van der Waals surface area contributed by atoms with Gasteiger partial charge in [0.1, 0.15) is 0 Å². The molecule has 2 amide bonds. The lowest BCUT2D eigenvalue weighted by atomic mass is 9.72. The van der Waals surface area contributed by atoms with Crippen molar-refractivity contribution < 1.29 is 19.1 Å². The molecule has 0 unspecified atom stereocenters. The summed E-state index contributed by atoms with van der Waals surface area (Å²) in [6.07, 6.45) is 3.11. The normalized spacial score (nSPS) is 20.9. The maximum absolute atomic E-state index is 13.2. The third-order valence-electron chi connectivity index (χ3n) is 5.63. The molecule has 6 nitrogen and oxygen atoms in total. The highest BCUT2D eigenvalue weighted by Crippen LogP contribution is 2.36. The molecule has 2 fully saturated rings. The Morgan fingerprint density at radius 1 is 1.19 bits per heavy atom. The molecule has 3 rings (SSSR count). The van der Waals surface area contributed by atoms with E-state index in [1.807, 2.05) is 37.3 Å². The van der Waals surface area contributed by atoms with Crippen LogP contribution >= 0.6 is 0 Å². The molecule has 0 spiro atoms. The van der Waals surface area contributed by atoms with E-state index in [-0.39, 0.29) is 11.8 Å². The highest BCUT2D eigenvalue weighted by molar-refractivity contribution is 5.90. The summed E-state index contributed by atoms with van der Waals surface area (Å²) in [5.74, 6) is -0.700. The molecule has 2 aliphatic heterocycles. The fraction of sp³-hybridized carbons (Fsp3) is 0.524. The van der Waals surface area contributed by atoms with E-state index >= 15 is 0 Å². The molecule has 2 saturated heterocycles. The number of carbonyl (C=O) groups excluding carboxylic acids is 2. The molecule has 0 bridgehead atoms. The zero-order valence-corrected chi connectivity index (χ0v) is 15.9. The SMILES string of the molecule is C=CC(=O)N1CCC(C(=O)NCCC2(C)OCCO2)(c2ccccc2)CC1. The molecule has 0 aliphatic carbocycles. The number of carbonyl (C=O) groups is 2. The van der Waals surface area contributed by atoms with Crippen molar-refractivity contribution in [3.05, 3.63) is 48.6 Å². The number of hydrogen-bond donors (Lipinski definition) is 1. The van der Waals surface area contributed by atoms with Crippen LogP contribution < -0.4 is 5.32 Å². The molecular weight excluding hydrogens is 344 g/mol. The second-order valence-corrected chi connectivity index (χ2v) is 7.31. The van der Waals surface area contributed by atoms with Gasteiger partial charge in [-0.15, -0.1) is 0 Å². The maximum atomic E-state index is 13.2. The lowest BCUT2D eigenvalue weighted by Gasteiger charge is -2.41. The van der Waals surface area contributed by atoms with Gasteiger partial charge in [0.05, 0.1) is 18.6 Å². The number of nitrogens with zero attached hydrogens (tertiary/aromatic N) is 1. The summed E-state index contributed by atoms with van der Waals surface area (Å²) in [6, 6.07) is 9.84. The molecule has 0 saturated carbocycles. The predicted molar refractivity (Wildman–Crippen MR) is 102 cm³/mol. The Kier molecular flexibility index (Phi) is 5.97. The van der Waals surface area contributed by atoms with Crippen LogP contribution in [0.4, 0.5) is 0 Å². The first kappa shape index (κ1) is 19.6. The quantitative estimate of drug-likeness (QED) is 0.776. The monoisotopic (exact) mass is 372 g/mol. The van der Waals surface area contributed by atoms with Gasteiger partial charge in [-0.25, -0.2) is 0 Å². The van der Waals surface area contributed by atoms with Gasteiger partial charge in [-0.2, -0.15) is 0 Å². The van der Waals surface area contributed by atoms with Crippen molar-refractivity contribution >= 4 is 11.8 Å². The van der Waals surface area contributed by atoms with Gasteiger partial charge in [-0.1, -0.05) is 36.9 Å². The summed E-state index contributed by atoms with van der Waals surface area (Å²) in [5, 5.41) is 3.08. The van der Waals surface area contributed by atoms with Crippen LogP contribution in [0.3, 0.4) is 0 Å². The Balaban J connectivity index is 1.70. The molecular formula is C21H28N2O4. The van der Waals surface area contributed by atoms with Crippen LogP contribution in [0.5, 0.6) is 0 Å². The van der Waals surface area contributed by atoms with Crippen molar-refractivity contribution in [3.8, 4) is 0 Å². The van der Waals surface area contributed by atoms with E-state index in [0.29, 0.717) is 52.1 Å². The van der Waals surface area contributed by atoms with E-state index < -0.39 is 11.2 Å². The first-order valence-corrected chi connectivity index (χ1v) is 9.52. The topological polar surface area (TPSA) is 67.9 Å². The summed E-state index contributed by atoms with van der Waals surface area (Å²) in [7, 11) is 0. The van der Waals surface area contributed by atoms with Gasteiger partial charge in [0, 0.05) is 26.1 Å². The lowest BCUT2D eigenvalue weighted by Crippen LogP contribution is -2.53. The summed E-state index contributed by atoms with van der Waals surface area (Å²) >= 11 is 0. The molecule has 0 aromatic heterocycles. The molecule has 1 N–H and O–H groups in total. The van der Waals surface area contributed by atoms with Crippen molar-refractivity contribution in [2.75, 3.05) is 32.8 Å². The van der Waals surface area contributed by atoms with Crippen molar-refractivity contribution in [1.29, 1.82) is 0 Å². The van der Waals surface area contributed by atoms with Gasteiger partial charge < -0.3 is 19.7 Å². The van der Waals surface area contributed by atoms with Crippen LogP contribution in [0.25, 0.3) is 0 Å². The van der Waals surface area contributed by atoms with Crippen LogP contribution in [0.2, 0.25) is 0 Å². The Bertz CT molecular complexity index is 675. The van der Waals surface area contributed by atoms with Crippen molar-refractivity contribution in [1.82, 2.24) is 10.2 Å².